The zero-order valence-corrected chi connectivity index (χ0v) is 15.8. The summed E-state index contributed by atoms with van der Waals surface area (Å²) in [5.74, 6) is -0.869. The van der Waals surface area contributed by atoms with Gasteiger partial charge in [0, 0.05) is 19.6 Å². The number of hydrogen-bond donors (Lipinski definition) is 2. The molecule has 1 aliphatic carbocycles. The van der Waals surface area contributed by atoms with Crippen molar-refractivity contribution in [3.63, 3.8) is 0 Å². The predicted octanol–water partition coefficient (Wildman–Crippen LogP) is 3.70. The summed E-state index contributed by atoms with van der Waals surface area (Å²) >= 11 is 0. The van der Waals surface area contributed by atoms with Crippen LogP contribution in [0.25, 0.3) is 11.1 Å². The van der Waals surface area contributed by atoms with Crippen LogP contribution in [0.4, 0.5) is 0 Å². The second kappa shape index (κ2) is 7.10. The number of aliphatic hydroxyl groups is 1. The average molecular weight is 365 g/mol. The molecule has 0 aromatic heterocycles. The van der Waals surface area contributed by atoms with Gasteiger partial charge in [0.2, 0.25) is 0 Å². The number of aliphatic hydroxyl groups excluding tert-OH is 1. The Labute approximate surface area is 160 Å². The first-order valence-corrected chi connectivity index (χ1v) is 9.87. The molecule has 142 valence electrons. The number of likely N-dealkylation sites (tertiary alicyclic amines) is 1. The van der Waals surface area contributed by atoms with Crippen molar-refractivity contribution in [3.8, 4) is 11.1 Å². The number of fused-ring (bicyclic) bond motifs is 3. The molecular formula is C23H27NO3. The van der Waals surface area contributed by atoms with Crippen molar-refractivity contribution in [2.45, 2.75) is 45.3 Å². The van der Waals surface area contributed by atoms with E-state index in [4.69, 9.17) is 0 Å². The summed E-state index contributed by atoms with van der Waals surface area (Å²) in [5.41, 5.74) is 5.54. The second-order valence-electron chi connectivity index (χ2n) is 8.05. The highest BCUT2D eigenvalue weighted by Crippen LogP contribution is 2.38. The molecule has 0 unspecified atom stereocenters. The van der Waals surface area contributed by atoms with Gasteiger partial charge in [0.15, 0.2) is 0 Å². The van der Waals surface area contributed by atoms with Crippen LogP contribution in [-0.4, -0.2) is 40.3 Å². The van der Waals surface area contributed by atoms with Crippen LogP contribution in [-0.2, 0) is 17.8 Å². The minimum absolute atomic E-state index is 0.411. The van der Waals surface area contributed by atoms with E-state index in [1.807, 2.05) is 6.92 Å². The van der Waals surface area contributed by atoms with Crippen LogP contribution >= 0.6 is 0 Å². The van der Waals surface area contributed by atoms with Crippen molar-refractivity contribution in [3.05, 3.63) is 59.2 Å². The fourth-order valence-corrected chi connectivity index (χ4v) is 4.86. The molecule has 0 radical (unpaired) electrons. The van der Waals surface area contributed by atoms with Crippen LogP contribution in [0.2, 0.25) is 0 Å². The Bertz CT molecular complexity index is 862. The molecule has 1 fully saturated rings. The van der Waals surface area contributed by atoms with Crippen molar-refractivity contribution >= 4 is 5.97 Å². The van der Waals surface area contributed by atoms with Gasteiger partial charge >= 0.3 is 5.97 Å². The highest BCUT2D eigenvalue weighted by molar-refractivity contribution is 5.77. The molecule has 4 rings (SSSR count). The van der Waals surface area contributed by atoms with Crippen LogP contribution in [0.1, 0.15) is 42.9 Å². The molecule has 4 heteroatoms. The Morgan fingerprint density at radius 2 is 1.96 bits per heavy atom. The average Bonchev–Trinajstić information content (AvgIpc) is 3.02. The summed E-state index contributed by atoms with van der Waals surface area (Å²) in [4.78, 5) is 14.2. The Kier molecular flexibility index (Phi) is 4.79. The molecule has 2 aromatic carbocycles. The maximum atomic E-state index is 12.0. The molecule has 0 saturated carbocycles. The number of aliphatic carboxylic acids is 1. The number of carboxylic acids is 1. The molecule has 2 N–H and O–H groups in total. The molecule has 1 heterocycles. The predicted molar refractivity (Wildman–Crippen MR) is 106 cm³/mol. The molecule has 1 saturated heterocycles. The van der Waals surface area contributed by atoms with Gasteiger partial charge in [-0.3, -0.25) is 9.69 Å². The Balaban J connectivity index is 1.53. The molecule has 0 bridgehead atoms. The minimum atomic E-state index is -1.04. The normalized spacial score (nSPS) is 24.4. The van der Waals surface area contributed by atoms with Crippen LogP contribution in [0.3, 0.4) is 0 Å². The number of rotatable bonds is 5. The van der Waals surface area contributed by atoms with E-state index in [-0.39, 0.29) is 0 Å². The van der Waals surface area contributed by atoms with E-state index >= 15 is 0 Å². The number of hydrogen-bond acceptors (Lipinski definition) is 3. The Morgan fingerprint density at radius 3 is 2.74 bits per heavy atom. The van der Waals surface area contributed by atoms with Crippen molar-refractivity contribution in [1.29, 1.82) is 0 Å². The van der Waals surface area contributed by atoms with Crippen molar-refractivity contribution in [2.75, 3.05) is 13.1 Å². The van der Waals surface area contributed by atoms with Gasteiger partial charge in [-0.15, -0.1) is 0 Å². The van der Waals surface area contributed by atoms with E-state index in [0.29, 0.717) is 19.4 Å². The van der Waals surface area contributed by atoms with E-state index in [1.54, 1.807) is 0 Å². The van der Waals surface area contributed by atoms with Crippen molar-refractivity contribution in [1.82, 2.24) is 4.90 Å². The maximum absolute atomic E-state index is 12.0. The molecular weight excluding hydrogens is 338 g/mol. The summed E-state index contributed by atoms with van der Waals surface area (Å²) in [6, 6.07) is 15.2. The Hall–Kier alpha value is -2.17. The third kappa shape index (κ3) is 3.17. The van der Waals surface area contributed by atoms with Gasteiger partial charge in [0.05, 0.1) is 6.10 Å². The monoisotopic (exact) mass is 365 g/mol. The number of carboxylic acid groups (broad SMARTS) is 1. The molecule has 0 spiro atoms. The van der Waals surface area contributed by atoms with Gasteiger partial charge in [-0.2, -0.15) is 0 Å². The molecule has 2 aliphatic rings. The van der Waals surface area contributed by atoms with Crippen LogP contribution in [0.5, 0.6) is 0 Å². The topological polar surface area (TPSA) is 60.8 Å². The molecule has 1 aliphatic heterocycles. The smallest absolute Gasteiger partial charge is 0.313 e. The van der Waals surface area contributed by atoms with E-state index in [1.165, 1.54) is 27.8 Å². The third-order valence-corrected chi connectivity index (χ3v) is 6.25. The minimum Gasteiger partial charge on any atom is -0.481 e. The molecule has 2 atom stereocenters. The summed E-state index contributed by atoms with van der Waals surface area (Å²) in [6.45, 7) is 3.86. The summed E-state index contributed by atoms with van der Waals surface area (Å²) in [5, 5.41) is 20.2. The highest BCUT2D eigenvalue weighted by atomic mass is 16.4. The summed E-state index contributed by atoms with van der Waals surface area (Å²) in [7, 11) is 0. The number of piperidine rings is 1. The molecule has 4 nitrogen and oxygen atoms in total. The van der Waals surface area contributed by atoms with Crippen molar-refractivity contribution < 1.29 is 15.0 Å². The van der Waals surface area contributed by atoms with Crippen LogP contribution in [0.15, 0.2) is 42.5 Å². The zero-order valence-electron chi connectivity index (χ0n) is 15.8. The lowest BCUT2D eigenvalue weighted by Crippen LogP contribution is -2.55. The SMILES string of the molecule is CCC[C@]1(C(=O)O)CN(Cc2ccc3c(c2)Cc2ccccc2-3)CC[C@H]1O. The van der Waals surface area contributed by atoms with Gasteiger partial charge in [-0.1, -0.05) is 55.8 Å². The number of carbonyl (C=O) groups is 1. The van der Waals surface area contributed by atoms with Crippen molar-refractivity contribution in [2.24, 2.45) is 5.41 Å². The van der Waals surface area contributed by atoms with Gasteiger partial charge < -0.3 is 10.2 Å². The molecule has 2 aromatic rings. The third-order valence-electron chi connectivity index (χ3n) is 6.25. The lowest BCUT2D eigenvalue weighted by atomic mass is 9.74. The number of nitrogens with zero attached hydrogens (tertiary/aromatic N) is 1. The first-order chi connectivity index (χ1) is 13.0. The molecule has 0 amide bonds. The van der Waals surface area contributed by atoms with Gasteiger partial charge in [-0.25, -0.2) is 0 Å². The van der Waals surface area contributed by atoms with Gasteiger partial charge in [-0.05, 0) is 47.1 Å². The van der Waals surface area contributed by atoms with Gasteiger partial charge in [0.25, 0.3) is 0 Å². The molecule has 27 heavy (non-hydrogen) atoms. The van der Waals surface area contributed by atoms with Crippen LogP contribution in [0, 0.1) is 5.41 Å². The largest absolute Gasteiger partial charge is 0.481 e. The van der Waals surface area contributed by atoms with Crippen LogP contribution < -0.4 is 0 Å². The van der Waals surface area contributed by atoms with E-state index in [2.05, 4.69) is 47.4 Å². The first kappa shape index (κ1) is 18.2. The highest BCUT2D eigenvalue weighted by Gasteiger charge is 2.48. The standard InChI is InChI=1S/C23H27NO3/c1-2-10-23(22(26)27)15-24(11-9-21(23)25)14-16-7-8-20-18(12-16)13-17-5-3-4-6-19(17)20/h3-8,12,21,25H,2,9-11,13-15H2,1H3,(H,26,27)/t21-,23+/m1/s1. The lowest BCUT2D eigenvalue weighted by molar-refractivity contribution is -0.164. The quantitative estimate of drug-likeness (QED) is 0.724. The summed E-state index contributed by atoms with van der Waals surface area (Å²) < 4.78 is 0. The number of benzene rings is 2. The lowest BCUT2D eigenvalue weighted by Gasteiger charge is -2.43. The first-order valence-electron chi connectivity index (χ1n) is 9.87. The second-order valence-corrected chi connectivity index (χ2v) is 8.05. The zero-order chi connectivity index (χ0) is 19.0. The Morgan fingerprint density at radius 1 is 1.19 bits per heavy atom. The van der Waals surface area contributed by atoms with Gasteiger partial charge in [0.1, 0.15) is 5.41 Å². The van der Waals surface area contributed by atoms with E-state index in [9.17, 15) is 15.0 Å². The fourth-order valence-electron chi connectivity index (χ4n) is 4.86. The van der Waals surface area contributed by atoms with E-state index < -0.39 is 17.5 Å². The van der Waals surface area contributed by atoms with E-state index in [0.717, 1.165) is 25.9 Å². The fraction of sp³-hybridized carbons (Fsp3) is 0.435. The maximum Gasteiger partial charge on any atom is 0.313 e. The summed E-state index contributed by atoms with van der Waals surface area (Å²) in [6.07, 6.45) is 1.99.